The molecule has 4 heterocycles. The van der Waals surface area contributed by atoms with Crippen molar-refractivity contribution < 1.29 is 9.47 Å². The second-order valence-electron chi connectivity index (χ2n) is 13.8. The number of allylic oxidation sites excluding steroid dienone is 1. The zero-order chi connectivity index (χ0) is 36.6. The molecule has 2 aliphatic rings. The number of nitrogens with zero attached hydrogens (tertiary/aromatic N) is 4. The standard InChI is InChI=1S/C49H32N4O2/c1-3-14-33-30(4-2)15-13-18-34(33)31-25-27-32(28-26-31)45-36-17-5-7-19-38(36)50-49(51-45)53-39-20-8-6-16-35(39)37-29-44-47-48(46(37)53)55-43-24-12-10-22-41(43)52(47)40-21-9-11-23-42(40)54-44/h3-29H,2H2,1H3/b14-3-. The fraction of sp³-hybridized carbons (Fsp3) is 0.0204. The molecule has 0 N–H and O–H groups in total. The molecule has 0 unspecified atom stereocenters. The molecule has 6 nitrogen and oxygen atoms in total. The quantitative estimate of drug-likeness (QED) is 0.178. The molecule has 6 heteroatoms. The van der Waals surface area contributed by atoms with Crippen LogP contribution < -0.4 is 14.4 Å². The molecule has 0 saturated carbocycles. The molecule has 260 valence electrons. The third-order valence-corrected chi connectivity index (χ3v) is 10.7. The Morgan fingerprint density at radius 3 is 2.09 bits per heavy atom. The van der Waals surface area contributed by atoms with Gasteiger partial charge >= 0.3 is 0 Å². The van der Waals surface area contributed by atoms with Gasteiger partial charge in [-0.1, -0.05) is 128 Å². The Hall–Kier alpha value is -7.44. The highest BCUT2D eigenvalue weighted by Gasteiger charge is 2.37. The second-order valence-corrected chi connectivity index (χ2v) is 13.8. The van der Waals surface area contributed by atoms with Crippen LogP contribution in [0.25, 0.3) is 73.2 Å². The van der Waals surface area contributed by atoms with Crippen molar-refractivity contribution >= 4 is 61.9 Å². The minimum atomic E-state index is 0.556. The van der Waals surface area contributed by atoms with Crippen molar-refractivity contribution in [3.63, 3.8) is 0 Å². The summed E-state index contributed by atoms with van der Waals surface area (Å²) >= 11 is 0. The Balaban J connectivity index is 1.16. The molecule has 55 heavy (non-hydrogen) atoms. The number of rotatable bonds is 5. The summed E-state index contributed by atoms with van der Waals surface area (Å²) in [5.74, 6) is 3.53. The Labute approximate surface area is 317 Å². The Bertz CT molecular complexity index is 3070. The number of aromatic nitrogens is 3. The number of anilines is 3. The van der Waals surface area contributed by atoms with Gasteiger partial charge in [-0.2, -0.15) is 0 Å². The molecular formula is C49H32N4O2. The summed E-state index contributed by atoms with van der Waals surface area (Å²) in [5, 5.41) is 3.02. The van der Waals surface area contributed by atoms with Crippen molar-refractivity contribution in [2.24, 2.45) is 0 Å². The molecule has 0 spiro atoms. The zero-order valence-corrected chi connectivity index (χ0v) is 29.9. The number of hydrogen-bond donors (Lipinski definition) is 0. The molecule has 2 aliphatic heterocycles. The summed E-state index contributed by atoms with van der Waals surface area (Å²) in [6.07, 6.45) is 6.13. The Kier molecular flexibility index (Phi) is 6.82. The van der Waals surface area contributed by atoms with E-state index in [2.05, 4.69) is 125 Å². The van der Waals surface area contributed by atoms with E-state index >= 15 is 0 Å². The van der Waals surface area contributed by atoms with E-state index in [-0.39, 0.29) is 0 Å². The highest BCUT2D eigenvalue weighted by Crippen LogP contribution is 2.62. The maximum absolute atomic E-state index is 6.94. The van der Waals surface area contributed by atoms with Crippen LogP contribution in [0.3, 0.4) is 0 Å². The van der Waals surface area contributed by atoms with Gasteiger partial charge in [-0.05, 0) is 71.6 Å². The van der Waals surface area contributed by atoms with Gasteiger partial charge in [-0.15, -0.1) is 0 Å². The summed E-state index contributed by atoms with van der Waals surface area (Å²) < 4.78 is 15.7. The maximum atomic E-state index is 6.94. The van der Waals surface area contributed by atoms with Gasteiger partial charge in [0.05, 0.1) is 28.1 Å². The molecule has 0 bridgehead atoms. The summed E-state index contributed by atoms with van der Waals surface area (Å²) in [6.45, 7) is 6.09. The third kappa shape index (κ3) is 4.61. The highest BCUT2D eigenvalue weighted by atomic mass is 16.5. The predicted octanol–water partition coefficient (Wildman–Crippen LogP) is 13.4. The van der Waals surface area contributed by atoms with Gasteiger partial charge in [0.1, 0.15) is 11.2 Å². The van der Waals surface area contributed by atoms with Crippen molar-refractivity contribution in [1.29, 1.82) is 0 Å². The smallest absolute Gasteiger partial charge is 0.235 e. The monoisotopic (exact) mass is 708 g/mol. The van der Waals surface area contributed by atoms with E-state index in [1.54, 1.807) is 0 Å². The Morgan fingerprint density at radius 1 is 0.618 bits per heavy atom. The number of fused-ring (bicyclic) bond motifs is 9. The predicted molar refractivity (Wildman–Crippen MR) is 224 cm³/mol. The van der Waals surface area contributed by atoms with Crippen LogP contribution >= 0.6 is 0 Å². The lowest BCUT2D eigenvalue weighted by atomic mass is 9.94. The molecular weight excluding hydrogens is 677 g/mol. The second kappa shape index (κ2) is 12.0. The number of para-hydroxylation sites is 6. The first kappa shape index (κ1) is 31.1. The molecule has 9 aromatic rings. The van der Waals surface area contributed by atoms with Crippen molar-refractivity contribution in [2.75, 3.05) is 4.90 Å². The van der Waals surface area contributed by atoms with Gasteiger partial charge < -0.3 is 9.47 Å². The molecule has 0 saturated heterocycles. The van der Waals surface area contributed by atoms with Gasteiger partial charge in [0, 0.05) is 21.7 Å². The van der Waals surface area contributed by atoms with Crippen molar-refractivity contribution in [3.8, 4) is 51.3 Å². The highest BCUT2D eigenvalue weighted by molar-refractivity contribution is 6.15. The molecule has 0 atom stereocenters. The first-order valence-electron chi connectivity index (χ1n) is 18.4. The number of benzene rings is 7. The van der Waals surface area contributed by atoms with Crippen LogP contribution in [0.5, 0.6) is 23.0 Å². The first-order chi connectivity index (χ1) is 27.2. The average molecular weight is 709 g/mol. The van der Waals surface area contributed by atoms with Crippen molar-refractivity contribution in [2.45, 2.75) is 6.92 Å². The van der Waals surface area contributed by atoms with E-state index in [4.69, 9.17) is 19.4 Å². The zero-order valence-electron chi connectivity index (χ0n) is 29.9. The topological polar surface area (TPSA) is 52.4 Å². The molecule has 7 aromatic carbocycles. The summed E-state index contributed by atoms with van der Waals surface area (Å²) in [5.41, 5.74) is 11.8. The molecule has 0 radical (unpaired) electrons. The van der Waals surface area contributed by atoms with Gasteiger partial charge in [-0.3, -0.25) is 9.47 Å². The minimum Gasteiger partial charge on any atom is -0.453 e. The van der Waals surface area contributed by atoms with Gasteiger partial charge in [0.15, 0.2) is 23.0 Å². The van der Waals surface area contributed by atoms with Crippen molar-refractivity contribution in [1.82, 2.24) is 14.5 Å². The Morgan fingerprint density at radius 2 is 1.31 bits per heavy atom. The summed E-state index contributed by atoms with van der Waals surface area (Å²) in [7, 11) is 0. The van der Waals surface area contributed by atoms with Crippen LogP contribution in [0.4, 0.5) is 17.1 Å². The SMILES string of the molecule is C=Cc1cccc(-c2ccc(-c3nc(-n4c5ccccc5c5cc6c7c(c54)Oc4ccccc4N7c4ccccc4O6)nc4ccccc34)cc2)c1/C=C\C. The van der Waals surface area contributed by atoms with Gasteiger partial charge in [-0.25, -0.2) is 9.97 Å². The number of hydrogen-bond acceptors (Lipinski definition) is 5. The normalized spacial score (nSPS) is 12.7. The van der Waals surface area contributed by atoms with Gasteiger partial charge in [0.2, 0.25) is 5.95 Å². The third-order valence-electron chi connectivity index (χ3n) is 10.7. The van der Waals surface area contributed by atoms with Crippen LogP contribution in [0.15, 0.2) is 158 Å². The van der Waals surface area contributed by atoms with Crippen LogP contribution in [-0.2, 0) is 0 Å². The molecule has 2 aromatic heterocycles. The van der Waals surface area contributed by atoms with E-state index < -0.39 is 0 Å². The van der Waals surface area contributed by atoms with E-state index in [1.165, 1.54) is 0 Å². The lowest BCUT2D eigenvalue weighted by Gasteiger charge is -2.38. The number of ether oxygens (including phenoxy) is 2. The summed E-state index contributed by atoms with van der Waals surface area (Å²) in [6, 6.07) is 50.1. The van der Waals surface area contributed by atoms with Crippen LogP contribution in [0, 0.1) is 0 Å². The molecule has 0 amide bonds. The van der Waals surface area contributed by atoms with Gasteiger partial charge in [0.25, 0.3) is 0 Å². The lowest BCUT2D eigenvalue weighted by molar-refractivity contribution is 0.449. The van der Waals surface area contributed by atoms with E-state index in [1.807, 2.05) is 61.5 Å². The fourth-order valence-electron chi connectivity index (χ4n) is 8.27. The molecule has 0 aliphatic carbocycles. The van der Waals surface area contributed by atoms with E-state index in [0.717, 1.165) is 101 Å². The average Bonchev–Trinajstić information content (AvgIpc) is 3.57. The largest absolute Gasteiger partial charge is 0.453 e. The van der Waals surface area contributed by atoms with Crippen LogP contribution in [0.1, 0.15) is 18.1 Å². The lowest BCUT2D eigenvalue weighted by Crippen LogP contribution is -2.20. The first-order valence-corrected chi connectivity index (χ1v) is 18.4. The van der Waals surface area contributed by atoms with Crippen LogP contribution in [-0.4, -0.2) is 14.5 Å². The van der Waals surface area contributed by atoms with Crippen molar-refractivity contribution in [3.05, 3.63) is 169 Å². The maximum Gasteiger partial charge on any atom is 0.235 e. The fourth-order valence-corrected chi connectivity index (χ4v) is 8.27. The van der Waals surface area contributed by atoms with E-state index in [0.29, 0.717) is 11.7 Å². The summed E-state index contributed by atoms with van der Waals surface area (Å²) in [4.78, 5) is 12.9. The van der Waals surface area contributed by atoms with Crippen LogP contribution in [0.2, 0.25) is 0 Å². The van der Waals surface area contributed by atoms with E-state index in [9.17, 15) is 0 Å². The molecule has 11 rings (SSSR count). The molecule has 0 fully saturated rings. The minimum absolute atomic E-state index is 0.556.